The molecule has 0 spiro atoms. The van der Waals surface area contributed by atoms with Crippen molar-refractivity contribution in [2.24, 2.45) is 0 Å². The van der Waals surface area contributed by atoms with Crippen LogP contribution in [-0.4, -0.2) is 0 Å². The molecule has 0 aromatic heterocycles. The molecule has 7 heteroatoms. The van der Waals surface area contributed by atoms with E-state index in [-0.39, 0.29) is 11.4 Å². The number of benzene rings is 2. The standard InChI is InChI=1S/C13H9BrF4N2/c14-10-5-7(15)1-3-12(10)20-11-4-2-8(19)6-9(11)13(16,17)18/h1-6,20H,19H2. The Labute approximate surface area is 120 Å². The normalized spacial score (nSPS) is 11.4. The van der Waals surface area contributed by atoms with Crippen molar-refractivity contribution in [3.05, 3.63) is 52.3 Å². The molecule has 0 aliphatic heterocycles. The molecule has 0 amide bonds. The van der Waals surface area contributed by atoms with Crippen molar-refractivity contribution >= 4 is 33.0 Å². The van der Waals surface area contributed by atoms with Gasteiger partial charge in [-0.3, -0.25) is 0 Å². The third-order valence-corrected chi connectivity index (χ3v) is 3.21. The Bertz CT molecular complexity index is 641. The van der Waals surface area contributed by atoms with Crippen molar-refractivity contribution in [1.82, 2.24) is 0 Å². The minimum absolute atomic E-state index is 0.0149. The van der Waals surface area contributed by atoms with E-state index in [2.05, 4.69) is 21.2 Å². The summed E-state index contributed by atoms with van der Waals surface area (Å²) in [6.45, 7) is 0. The van der Waals surface area contributed by atoms with Gasteiger partial charge in [-0.1, -0.05) is 0 Å². The predicted octanol–water partition coefficient (Wildman–Crippen LogP) is 4.93. The van der Waals surface area contributed by atoms with E-state index < -0.39 is 17.6 Å². The molecular weight excluding hydrogens is 340 g/mol. The molecule has 0 aliphatic rings. The maximum atomic E-state index is 13.0. The van der Waals surface area contributed by atoms with E-state index >= 15 is 0 Å². The maximum absolute atomic E-state index is 13.0. The third kappa shape index (κ3) is 3.22. The fourth-order valence-electron chi connectivity index (χ4n) is 1.64. The zero-order chi connectivity index (χ0) is 14.9. The average molecular weight is 349 g/mol. The van der Waals surface area contributed by atoms with E-state index in [1.165, 1.54) is 18.2 Å². The lowest BCUT2D eigenvalue weighted by Gasteiger charge is -2.16. The minimum atomic E-state index is -4.54. The highest BCUT2D eigenvalue weighted by Crippen LogP contribution is 2.38. The maximum Gasteiger partial charge on any atom is 0.418 e. The van der Waals surface area contributed by atoms with Crippen LogP contribution in [0.2, 0.25) is 0 Å². The van der Waals surface area contributed by atoms with E-state index in [1.807, 2.05) is 0 Å². The molecule has 106 valence electrons. The lowest BCUT2D eigenvalue weighted by Crippen LogP contribution is -2.09. The van der Waals surface area contributed by atoms with Gasteiger partial charge in [0.1, 0.15) is 5.82 Å². The first-order valence-corrected chi connectivity index (χ1v) is 6.25. The molecule has 0 bridgehead atoms. The Kier molecular flexibility index (Phi) is 3.89. The molecule has 0 atom stereocenters. The van der Waals surface area contributed by atoms with E-state index in [9.17, 15) is 17.6 Å². The third-order valence-electron chi connectivity index (χ3n) is 2.55. The molecule has 2 rings (SSSR count). The van der Waals surface area contributed by atoms with Crippen molar-refractivity contribution in [1.29, 1.82) is 0 Å². The summed E-state index contributed by atoms with van der Waals surface area (Å²) in [5.74, 6) is -0.490. The predicted molar refractivity (Wildman–Crippen MR) is 73.2 cm³/mol. The topological polar surface area (TPSA) is 38.0 Å². The van der Waals surface area contributed by atoms with Crippen LogP contribution >= 0.6 is 15.9 Å². The monoisotopic (exact) mass is 348 g/mol. The highest BCUT2D eigenvalue weighted by atomic mass is 79.9. The summed E-state index contributed by atoms with van der Waals surface area (Å²) in [7, 11) is 0. The second-order valence-electron chi connectivity index (χ2n) is 4.05. The van der Waals surface area contributed by atoms with Gasteiger partial charge in [0.2, 0.25) is 0 Å². The lowest BCUT2D eigenvalue weighted by molar-refractivity contribution is -0.136. The lowest BCUT2D eigenvalue weighted by atomic mass is 10.1. The summed E-state index contributed by atoms with van der Waals surface area (Å²) in [5.41, 5.74) is 4.68. The average Bonchev–Trinajstić information content (AvgIpc) is 2.33. The molecule has 2 aromatic rings. The number of rotatable bonds is 2. The molecule has 0 saturated heterocycles. The molecule has 2 aromatic carbocycles. The number of hydrogen-bond acceptors (Lipinski definition) is 2. The second-order valence-corrected chi connectivity index (χ2v) is 4.91. The Balaban J connectivity index is 2.43. The Morgan fingerprint density at radius 2 is 1.65 bits per heavy atom. The molecule has 20 heavy (non-hydrogen) atoms. The first kappa shape index (κ1) is 14.6. The zero-order valence-corrected chi connectivity index (χ0v) is 11.5. The van der Waals surface area contributed by atoms with Crippen molar-refractivity contribution in [3.63, 3.8) is 0 Å². The summed E-state index contributed by atoms with van der Waals surface area (Å²) in [6.07, 6.45) is -4.54. The molecule has 0 fully saturated rings. The van der Waals surface area contributed by atoms with Crippen molar-refractivity contribution in [2.45, 2.75) is 6.18 Å². The first-order chi connectivity index (χ1) is 9.27. The van der Waals surface area contributed by atoms with Crippen LogP contribution in [0.5, 0.6) is 0 Å². The number of halogens is 5. The van der Waals surface area contributed by atoms with Gasteiger partial charge in [-0.2, -0.15) is 13.2 Å². The van der Waals surface area contributed by atoms with Gasteiger partial charge in [0.25, 0.3) is 0 Å². The van der Waals surface area contributed by atoms with Crippen LogP contribution < -0.4 is 11.1 Å². The molecule has 2 nitrogen and oxygen atoms in total. The fraction of sp³-hybridized carbons (Fsp3) is 0.0769. The largest absolute Gasteiger partial charge is 0.418 e. The Hall–Kier alpha value is -1.76. The molecule has 3 N–H and O–H groups in total. The van der Waals surface area contributed by atoms with Crippen LogP contribution in [0, 0.1) is 5.82 Å². The van der Waals surface area contributed by atoms with E-state index in [1.54, 1.807) is 0 Å². The van der Waals surface area contributed by atoms with Crippen LogP contribution in [-0.2, 0) is 6.18 Å². The molecule has 0 saturated carbocycles. The van der Waals surface area contributed by atoms with Gasteiger partial charge in [-0.25, -0.2) is 4.39 Å². The summed E-state index contributed by atoms with van der Waals surface area (Å²) < 4.78 is 52.1. The van der Waals surface area contributed by atoms with E-state index in [0.717, 1.165) is 18.2 Å². The van der Waals surface area contributed by atoms with Crippen LogP contribution in [0.15, 0.2) is 40.9 Å². The molecule has 0 heterocycles. The smallest absolute Gasteiger partial charge is 0.399 e. The van der Waals surface area contributed by atoms with Crippen LogP contribution in [0.25, 0.3) is 0 Å². The molecule has 0 aliphatic carbocycles. The van der Waals surface area contributed by atoms with Crippen LogP contribution in [0.1, 0.15) is 5.56 Å². The van der Waals surface area contributed by atoms with Crippen LogP contribution in [0.3, 0.4) is 0 Å². The fourth-order valence-corrected chi connectivity index (χ4v) is 2.09. The Morgan fingerprint density at radius 3 is 2.25 bits per heavy atom. The number of nitrogens with two attached hydrogens (primary N) is 1. The van der Waals surface area contributed by atoms with Gasteiger partial charge >= 0.3 is 6.18 Å². The summed E-state index contributed by atoms with van der Waals surface area (Å²) in [4.78, 5) is 0. The second kappa shape index (κ2) is 5.32. The first-order valence-electron chi connectivity index (χ1n) is 5.46. The summed E-state index contributed by atoms with van der Waals surface area (Å²) in [5, 5.41) is 2.61. The van der Waals surface area contributed by atoms with Gasteiger partial charge in [0.05, 0.1) is 16.9 Å². The highest BCUT2D eigenvalue weighted by molar-refractivity contribution is 9.10. The number of alkyl halides is 3. The van der Waals surface area contributed by atoms with E-state index in [4.69, 9.17) is 5.73 Å². The van der Waals surface area contributed by atoms with Crippen molar-refractivity contribution in [3.8, 4) is 0 Å². The van der Waals surface area contributed by atoms with Crippen molar-refractivity contribution < 1.29 is 17.6 Å². The summed E-state index contributed by atoms with van der Waals surface area (Å²) >= 11 is 3.09. The molecule has 0 unspecified atom stereocenters. The van der Waals surface area contributed by atoms with Gasteiger partial charge in [0, 0.05) is 10.2 Å². The quantitative estimate of drug-likeness (QED) is 0.596. The zero-order valence-electron chi connectivity index (χ0n) is 9.93. The minimum Gasteiger partial charge on any atom is -0.399 e. The number of hydrogen-bond donors (Lipinski definition) is 2. The number of nitrogen functional groups attached to an aromatic ring is 1. The number of anilines is 3. The summed E-state index contributed by atoms with van der Waals surface area (Å²) in [6, 6.07) is 7.09. The van der Waals surface area contributed by atoms with Gasteiger partial charge in [0.15, 0.2) is 0 Å². The van der Waals surface area contributed by atoms with Gasteiger partial charge in [-0.15, -0.1) is 0 Å². The Morgan fingerprint density at radius 1 is 1.00 bits per heavy atom. The molecule has 0 radical (unpaired) electrons. The van der Waals surface area contributed by atoms with Crippen molar-refractivity contribution in [2.75, 3.05) is 11.1 Å². The molecular formula is C13H9BrF4N2. The SMILES string of the molecule is Nc1ccc(Nc2ccc(F)cc2Br)c(C(F)(F)F)c1. The van der Waals surface area contributed by atoms with Gasteiger partial charge in [-0.05, 0) is 52.3 Å². The van der Waals surface area contributed by atoms with Gasteiger partial charge < -0.3 is 11.1 Å². The van der Waals surface area contributed by atoms with Crippen LogP contribution in [0.4, 0.5) is 34.6 Å². The van der Waals surface area contributed by atoms with E-state index in [0.29, 0.717) is 10.2 Å². The number of nitrogens with one attached hydrogen (secondary N) is 1. The highest BCUT2D eigenvalue weighted by Gasteiger charge is 2.33.